The molecule has 0 fully saturated rings. The van der Waals surface area contributed by atoms with Crippen LogP contribution in [0.15, 0.2) is 83.7 Å². The summed E-state index contributed by atoms with van der Waals surface area (Å²) >= 11 is 1.05. The molecule has 0 aliphatic carbocycles. The number of anilines is 1. The third-order valence-corrected chi connectivity index (χ3v) is 6.09. The van der Waals surface area contributed by atoms with E-state index in [0.29, 0.717) is 11.3 Å². The van der Waals surface area contributed by atoms with Gasteiger partial charge in [0.15, 0.2) is 0 Å². The average molecular weight is 417 g/mol. The Morgan fingerprint density at radius 1 is 0.900 bits per heavy atom. The lowest BCUT2D eigenvalue weighted by molar-refractivity contribution is 0.451. The molecule has 0 saturated heterocycles. The van der Waals surface area contributed by atoms with Crippen LogP contribution in [0, 0.1) is 0 Å². The number of H-pyrrole nitrogens is 1. The number of thiazole rings is 1. The average Bonchev–Trinajstić information content (AvgIpc) is 3.10. The molecular formula is C25H24N2O2S. The molecule has 0 aliphatic heterocycles. The molecule has 4 aromatic rings. The van der Waals surface area contributed by atoms with Crippen molar-refractivity contribution in [3.05, 3.63) is 105 Å². The molecule has 4 nitrogen and oxygen atoms in total. The van der Waals surface area contributed by atoms with Crippen molar-refractivity contribution in [2.75, 3.05) is 18.5 Å². The number of aromatic amines is 1. The second kappa shape index (κ2) is 9.01. The van der Waals surface area contributed by atoms with Crippen LogP contribution in [0.2, 0.25) is 0 Å². The second-order valence-corrected chi connectivity index (χ2v) is 8.44. The van der Waals surface area contributed by atoms with Crippen LogP contribution in [0.3, 0.4) is 0 Å². The van der Waals surface area contributed by atoms with Crippen molar-refractivity contribution >= 4 is 17.0 Å². The molecule has 30 heavy (non-hydrogen) atoms. The predicted molar refractivity (Wildman–Crippen MR) is 125 cm³/mol. The van der Waals surface area contributed by atoms with E-state index in [1.165, 1.54) is 16.8 Å². The molecule has 152 valence electrons. The first-order valence-corrected chi connectivity index (χ1v) is 10.8. The fourth-order valence-corrected chi connectivity index (χ4v) is 4.22. The highest BCUT2D eigenvalue weighted by Crippen LogP contribution is 2.26. The first-order chi connectivity index (χ1) is 14.6. The summed E-state index contributed by atoms with van der Waals surface area (Å²) in [6.07, 6.45) is 1.55. The molecule has 2 N–H and O–H groups in total. The number of benzene rings is 3. The fraction of sp³-hybridized carbons (Fsp3) is 0.160. The first-order valence-electron chi connectivity index (χ1n) is 9.94. The lowest BCUT2D eigenvalue weighted by atomic mass is 10.0. The fourth-order valence-electron chi connectivity index (χ4n) is 3.47. The zero-order valence-electron chi connectivity index (χ0n) is 16.8. The topological polar surface area (TPSA) is 56.3 Å². The number of aromatic nitrogens is 1. The largest absolute Gasteiger partial charge is 0.494 e. The molecular weight excluding hydrogens is 392 g/mol. The number of nitrogens with zero attached hydrogens (tertiary/aromatic N) is 1. The summed E-state index contributed by atoms with van der Waals surface area (Å²) in [7, 11) is 2.12. The van der Waals surface area contributed by atoms with Gasteiger partial charge < -0.3 is 10.0 Å². The normalized spacial score (nSPS) is 10.8. The quantitative estimate of drug-likeness (QED) is 0.442. The molecule has 5 heteroatoms. The van der Waals surface area contributed by atoms with Gasteiger partial charge in [-0.2, -0.15) is 0 Å². The Hall–Kier alpha value is -3.31. The van der Waals surface area contributed by atoms with E-state index >= 15 is 0 Å². The van der Waals surface area contributed by atoms with Crippen molar-refractivity contribution in [3.8, 4) is 17.0 Å². The Labute approximate surface area is 180 Å². The molecule has 0 bridgehead atoms. The van der Waals surface area contributed by atoms with Crippen LogP contribution < -0.4 is 9.77 Å². The van der Waals surface area contributed by atoms with E-state index in [2.05, 4.69) is 77.6 Å². The van der Waals surface area contributed by atoms with Gasteiger partial charge >= 0.3 is 4.87 Å². The molecule has 0 aliphatic rings. The van der Waals surface area contributed by atoms with Crippen molar-refractivity contribution in [2.45, 2.75) is 12.8 Å². The van der Waals surface area contributed by atoms with E-state index in [0.717, 1.165) is 35.4 Å². The number of nitrogens with one attached hydrogen (secondary N) is 1. The summed E-state index contributed by atoms with van der Waals surface area (Å²) in [4.78, 5) is 16.5. The molecule has 0 unspecified atom stereocenters. The van der Waals surface area contributed by atoms with Gasteiger partial charge in [-0.15, -0.1) is 0 Å². The summed E-state index contributed by atoms with van der Waals surface area (Å²) in [5.74, 6) is -0.0275. The predicted octanol–water partition coefficient (Wildman–Crippen LogP) is 5.08. The first kappa shape index (κ1) is 20.0. The van der Waals surface area contributed by atoms with Crippen LogP contribution in [0.25, 0.3) is 11.1 Å². The van der Waals surface area contributed by atoms with Gasteiger partial charge in [-0.05, 0) is 40.8 Å². The lowest BCUT2D eigenvalue weighted by Crippen LogP contribution is -2.20. The van der Waals surface area contributed by atoms with Crippen LogP contribution in [-0.2, 0) is 12.8 Å². The zero-order chi connectivity index (χ0) is 20.9. The monoisotopic (exact) mass is 416 g/mol. The van der Waals surface area contributed by atoms with Crippen molar-refractivity contribution in [1.29, 1.82) is 0 Å². The molecule has 1 aromatic heterocycles. The van der Waals surface area contributed by atoms with E-state index in [9.17, 15) is 9.90 Å². The summed E-state index contributed by atoms with van der Waals surface area (Å²) in [6.45, 7) is 0.954. The zero-order valence-corrected chi connectivity index (χ0v) is 17.7. The van der Waals surface area contributed by atoms with Gasteiger partial charge in [0.1, 0.15) is 0 Å². The Bertz CT molecular complexity index is 1160. The van der Waals surface area contributed by atoms with Crippen molar-refractivity contribution < 1.29 is 5.11 Å². The maximum atomic E-state index is 11.4. The second-order valence-electron chi connectivity index (χ2n) is 7.37. The number of aromatic hydroxyl groups is 1. The Morgan fingerprint density at radius 2 is 1.67 bits per heavy atom. The van der Waals surface area contributed by atoms with Gasteiger partial charge in [-0.1, -0.05) is 78.1 Å². The summed E-state index contributed by atoms with van der Waals surface area (Å²) in [5, 5.41) is 9.77. The van der Waals surface area contributed by atoms with Crippen molar-refractivity contribution in [3.63, 3.8) is 0 Å². The summed E-state index contributed by atoms with van der Waals surface area (Å²) in [6, 6.07) is 27.4. The molecule has 3 aromatic carbocycles. The third kappa shape index (κ3) is 4.81. The number of rotatable bonds is 7. The maximum absolute atomic E-state index is 11.4. The smallest absolute Gasteiger partial charge is 0.307 e. The van der Waals surface area contributed by atoms with Crippen LogP contribution in [0.5, 0.6) is 5.88 Å². The molecule has 0 atom stereocenters. The van der Waals surface area contributed by atoms with E-state index in [4.69, 9.17) is 0 Å². The van der Waals surface area contributed by atoms with Crippen LogP contribution in [0.1, 0.15) is 16.0 Å². The minimum atomic E-state index is -0.229. The molecule has 1 heterocycles. The molecule has 0 saturated carbocycles. The molecule has 4 rings (SSSR count). The minimum absolute atomic E-state index is 0.0275. The SMILES string of the molecule is CN(CCc1ccccc1)c1cccc(-c2ccc(Cc3sc(=O)[nH]c3O)cc2)c1. The lowest BCUT2D eigenvalue weighted by Gasteiger charge is -2.20. The number of hydrogen-bond donors (Lipinski definition) is 2. The van der Waals surface area contributed by atoms with Gasteiger partial charge in [0.25, 0.3) is 0 Å². The molecule has 0 amide bonds. The molecule has 0 radical (unpaired) electrons. The van der Waals surface area contributed by atoms with E-state index < -0.39 is 0 Å². The minimum Gasteiger partial charge on any atom is -0.494 e. The molecule has 0 spiro atoms. The highest BCUT2D eigenvalue weighted by atomic mass is 32.1. The van der Waals surface area contributed by atoms with E-state index in [-0.39, 0.29) is 10.8 Å². The summed E-state index contributed by atoms with van der Waals surface area (Å²) < 4.78 is 0. The maximum Gasteiger partial charge on any atom is 0.307 e. The van der Waals surface area contributed by atoms with Gasteiger partial charge in [-0.3, -0.25) is 9.78 Å². The summed E-state index contributed by atoms with van der Waals surface area (Å²) in [5.41, 5.74) is 5.90. The van der Waals surface area contributed by atoms with Gasteiger partial charge in [0.05, 0.1) is 4.88 Å². The standard InChI is InChI=1S/C25H24N2O2S/c1-27(15-14-18-6-3-2-4-7-18)22-9-5-8-21(17-22)20-12-10-19(11-13-20)16-23-24(28)26-25(29)30-23/h2-13,17,28H,14-16H2,1H3,(H,26,29). The van der Waals surface area contributed by atoms with Crippen LogP contribution >= 0.6 is 11.3 Å². The van der Waals surface area contributed by atoms with Crippen LogP contribution in [-0.4, -0.2) is 23.7 Å². The van der Waals surface area contributed by atoms with Gasteiger partial charge in [0.2, 0.25) is 5.88 Å². The highest BCUT2D eigenvalue weighted by Gasteiger charge is 2.08. The number of likely N-dealkylation sites (N-methyl/N-ethyl adjacent to an activating group) is 1. The van der Waals surface area contributed by atoms with Gasteiger partial charge in [-0.25, -0.2) is 0 Å². The Balaban J connectivity index is 1.45. The highest BCUT2D eigenvalue weighted by molar-refractivity contribution is 7.09. The van der Waals surface area contributed by atoms with Crippen molar-refractivity contribution in [2.24, 2.45) is 0 Å². The van der Waals surface area contributed by atoms with Crippen molar-refractivity contribution in [1.82, 2.24) is 4.98 Å². The van der Waals surface area contributed by atoms with Crippen LogP contribution in [0.4, 0.5) is 5.69 Å². The third-order valence-electron chi connectivity index (χ3n) is 5.22. The van der Waals surface area contributed by atoms with E-state index in [1.807, 2.05) is 18.2 Å². The van der Waals surface area contributed by atoms with Gasteiger partial charge in [0, 0.05) is 25.7 Å². The van der Waals surface area contributed by atoms with E-state index in [1.54, 1.807) is 0 Å². The Kier molecular flexibility index (Phi) is 6.00. The Morgan fingerprint density at radius 3 is 2.37 bits per heavy atom. The number of hydrogen-bond acceptors (Lipinski definition) is 4.